The molecule has 70 valence electrons. The first-order valence-electron chi connectivity index (χ1n) is 5.10. The van der Waals surface area contributed by atoms with Crippen LogP contribution in [0.15, 0.2) is 12.2 Å². The van der Waals surface area contributed by atoms with Gasteiger partial charge in [-0.2, -0.15) is 0 Å². The highest BCUT2D eigenvalue weighted by Crippen LogP contribution is 2.60. The molecular weight excluding hydrogens is 163 g/mol. The first-order valence-corrected chi connectivity index (χ1v) is 6.69. The molecule has 1 aliphatic heterocycles. The van der Waals surface area contributed by atoms with Crippen molar-refractivity contribution in [2.45, 2.75) is 51.4 Å². The van der Waals surface area contributed by atoms with Gasteiger partial charge in [-0.25, -0.2) is 0 Å². The Morgan fingerprint density at radius 1 is 1.42 bits per heavy atom. The van der Waals surface area contributed by atoms with Crippen LogP contribution in [0.25, 0.3) is 0 Å². The van der Waals surface area contributed by atoms with Gasteiger partial charge < -0.3 is 0 Å². The van der Waals surface area contributed by atoms with Crippen LogP contribution >= 0.6 is 7.92 Å². The van der Waals surface area contributed by atoms with Crippen LogP contribution in [0.4, 0.5) is 0 Å². The molecule has 0 bridgehead atoms. The highest BCUT2D eigenvalue weighted by Gasteiger charge is 2.36. The van der Waals surface area contributed by atoms with E-state index in [0.717, 1.165) is 5.66 Å². The van der Waals surface area contributed by atoms with Gasteiger partial charge in [0.2, 0.25) is 0 Å². The first-order chi connectivity index (χ1) is 5.64. The molecule has 1 heterocycles. The normalized spacial score (nSPS) is 40.7. The van der Waals surface area contributed by atoms with E-state index in [0.29, 0.717) is 5.16 Å². The lowest BCUT2D eigenvalue weighted by atomic mass is 10.1. The van der Waals surface area contributed by atoms with Crippen LogP contribution < -0.4 is 0 Å². The Balaban J connectivity index is 2.70. The fourth-order valence-corrected chi connectivity index (χ4v) is 5.70. The van der Waals surface area contributed by atoms with Crippen LogP contribution in [0.1, 0.15) is 40.5 Å². The molecule has 0 spiro atoms. The summed E-state index contributed by atoms with van der Waals surface area (Å²) in [7, 11) is 0.233. The van der Waals surface area contributed by atoms with Crippen molar-refractivity contribution in [2.24, 2.45) is 0 Å². The minimum absolute atomic E-state index is 0.233. The lowest BCUT2D eigenvalue weighted by Crippen LogP contribution is -2.19. The second-order valence-corrected chi connectivity index (χ2v) is 7.40. The maximum atomic E-state index is 2.48. The van der Waals surface area contributed by atoms with Crippen LogP contribution in [-0.2, 0) is 0 Å². The monoisotopic (exact) mass is 184 g/mol. The second-order valence-electron chi connectivity index (χ2n) is 3.99. The molecule has 0 aromatic heterocycles. The summed E-state index contributed by atoms with van der Waals surface area (Å²) in [6, 6.07) is 0. The lowest BCUT2D eigenvalue weighted by molar-refractivity contribution is 0.674. The van der Waals surface area contributed by atoms with Gasteiger partial charge in [0, 0.05) is 5.16 Å². The molecule has 0 aromatic carbocycles. The SMILES string of the molecule is CCCC1(C)C=CC(C)P1CC. The Kier molecular flexibility index (Phi) is 3.35. The van der Waals surface area contributed by atoms with E-state index in [2.05, 4.69) is 39.8 Å². The Labute approximate surface area is 78.2 Å². The highest BCUT2D eigenvalue weighted by molar-refractivity contribution is 7.60. The van der Waals surface area contributed by atoms with Crippen molar-refractivity contribution in [2.75, 3.05) is 6.16 Å². The van der Waals surface area contributed by atoms with Gasteiger partial charge in [-0.05, 0) is 18.2 Å². The summed E-state index contributed by atoms with van der Waals surface area (Å²) in [5.41, 5.74) is 0.863. The summed E-state index contributed by atoms with van der Waals surface area (Å²) >= 11 is 0. The van der Waals surface area contributed by atoms with E-state index >= 15 is 0 Å². The third-order valence-electron chi connectivity index (χ3n) is 2.98. The molecule has 0 nitrogen and oxygen atoms in total. The van der Waals surface area contributed by atoms with Gasteiger partial charge in [0.05, 0.1) is 0 Å². The molecule has 0 amide bonds. The van der Waals surface area contributed by atoms with Crippen LogP contribution in [0, 0.1) is 0 Å². The van der Waals surface area contributed by atoms with Gasteiger partial charge >= 0.3 is 0 Å². The van der Waals surface area contributed by atoms with Crippen LogP contribution in [0.2, 0.25) is 0 Å². The Morgan fingerprint density at radius 3 is 2.58 bits per heavy atom. The Morgan fingerprint density at radius 2 is 2.08 bits per heavy atom. The van der Waals surface area contributed by atoms with Gasteiger partial charge in [-0.15, -0.1) is 0 Å². The van der Waals surface area contributed by atoms with Crippen LogP contribution in [0.5, 0.6) is 0 Å². The summed E-state index contributed by atoms with van der Waals surface area (Å²) in [5, 5.41) is 0.568. The van der Waals surface area contributed by atoms with Crippen molar-refractivity contribution in [3.05, 3.63) is 12.2 Å². The number of allylic oxidation sites excluding steroid dienone is 2. The fraction of sp³-hybridized carbons (Fsp3) is 0.818. The second kappa shape index (κ2) is 3.92. The zero-order chi connectivity index (χ0) is 9.19. The van der Waals surface area contributed by atoms with Gasteiger partial charge in [-0.3, -0.25) is 0 Å². The maximum absolute atomic E-state index is 2.48. The highest BCUT2D eigenvalue weighted by atomic mass is 31.1. The molecule has 3 atom stereocenters. The third kappa shape index (κ3) is 1.74. The molecule has 0 saturated carbocycles. The average molecular weight is 184 g/mol. The minimum Gasteiger partial charge on any atom is -0.0902 e. The quantitative estimate of drug-likeness (QED) is 0.459. The maximum Gasteiger partial charge on any atom is 0.00607 e. The molecule has 12 heavy (non-hydrogen) atoms. The summed E-state index contributed by atoms with van der Waals surface area (Å²) in [6.45, 7) is 9.48. The van der Waals surface area contributed by atoms with Crippen molar-refractivity contribution in [3.8, 4) is 0 Å². The van der Waals surface area contributed by atoms with Crippen LogP contribution in [-0.4, -0.2) is 17.0 Å². The summed E-state index contributed by atoms with van der Waals surface area (Å²) in [5.74, 6) is 0. The average Bonchev–Trinajstić information content (AvgIpc) is 2.28. The minimum atomic E-state index is 0.233. The van der Waals surface area contributed by atoms with Crippen molar-refractivity contribution in [1.82, 2.24) is 0 Å². The van der Waals surface area contributed by atoms with E-state index in [1.54, 1.807) is 0 Å². The van der Waals surface area contributed by atoms with Crippen molar-refractivity contribution in [3.63, 3.8) is 0 Å². The van der Waals surface area contributed by atoms with Crippen molar-refractivity contribution in [1.29, 1.82) is 0 Å². The van der Waals surface area contributed by atoms with Gasteiger partial charge in [-0.1, -0.05) is 54.2 Å². The smallest absolute Gasteiger partial charge is 0.00607 e. The zero-order valence-electron chi connectivity index (χ0n) is 8.80. The van der Waals surface area contributed by atoms with E-state index in [4.69, 9.17) is 0 Å². The van der Waals surface area contributed by atoms with E-state index in [1.807, 2.05) is 0 Å². The molecule has 1 heteroatoms. The first kappa shape index (κ1) is 10.3. The van der Waals surface area contributed by atoms with E-state index < -0.39 is 0 Å². The van der Waals surface area contributed by atoms with Crippen molar-refractivity contribution < 1.29 is 0 Å². The molecule has 1 aliphatic rings. The largest absolute Gasteiger partial charge is 0.0902 e. The van der Waals surface area contributed by atoms with Crippen molar-refractivity contribution >= 4 is 7.92 Å². The summed E-state index contributed by atoms with van der Waals surface area (Å²) in [6.07, 6.45) is 9.01. The Bertz CT molecular complexity index is 174. The third-order valence-corrected chi connectivity index (χ3v) is 6.50. The lowest BCUT2D eigenvalue weighted by Gasteiger charge is -2.33. The molecule has 0 radical (unpaired) electrons. The molecule has 0 N–H and O–H groups in total. The predicted molar refractivity (Wildman–Crippen MR) is 59.4 cm³/mol. The van der Waals surface area contributed by atoms with Crippen LogP contribution in [0.3, 0.4) is 0 Å². The Hall–Kier alpha value is 0.170. The molecule has 0 saturated heterocycles. The van der Waals surface area contributed by atoms with Gasteiger partial charge in [0.15, 0.2) is 0 Å². The zero-order valence-corrected chi connectivity index (χ0v) is 9.70. The van der Waals surface area contributed by atoms with E-state index in [9.17, 15) is 0 Å². The summed E-state index contributed by atoms with van der Waals surface area (Å²) in [4.78, 5) is 0. The standard InChI is InChI=1S/C11H21P/c1-5-8-11(4)9-7-10(3)12(11)6-2/h7,9-10H,5-6,8H2,1-4H3. The molecule has 0 aromatic rings. The molecule has 0 aliphatic carbocycles. The predicted octanol–water partition coefficient (Wildman–Crippen LogP) is 4.01. The molecular formula is C11H21P. The van der Waals surface area contributed by atoms with E-state index in [1.165, 1.54) is 19.0 Å². The molecule has 0 fully saturated rings. The number of rotatable bonds is 3. The summed E-state index contributed by atoms with van der Waals surface area (Å²) < 4.78 is 0. The number of hydrogen-bond acceptors (Lipinski definition) is 0. The molecule has 1 rings (SSSR count). The molecule has 3 unspecified atom stereocenters. The van der Waals surface area contributed by atoms with Gasteiger partial charge in [0.1, 0.15) is 0 Å². The van der Waals surface area contributed by atoms with E-state index in [-0.39, 0.29) is 7.92 Å². The fourth-order valence-electron chi connectivity index (χ4n) is 2.39. The van der Waals surface area contributed by atoms with Gasteiger partial charge in [0.25, 0.3) is 0 Å². The topological polar surface area (TPSA) is 0 Å². The number of hydrogen-bond donors (Lipinski definition) is 0.